The maximum absolute atomic E-state index is 12.8. The zero-order chi connectivity index (χ0) is 44.1. The first-order chi connectivity index (χ1) is 29.0. The Kier molecular flexibility index (Phi) is 36.3. The third kappa shape index (κ3) is 30.0. The number of phosphoric ester groups is 1. The van der Waals surface area contributed by atoms with Crippen LogP contribution in [-0.2, 0) is 27.9 Å². The van der Waals surface area contributed by atoms with E-state index in [2.05, 4.69) is 38.2 Å². The molecule has 60 heavy (non-hydrogen) atoms. The van der Waals surface area contributed by atoms with Crippen molar-refractivity contribution in [3.63, 3.8) is 0 Å². The fourth-order valence-electron chi connectivity index (χ4n) is 7.45. The van der Waals surface area contributed by atoms with E-state index in [0.717, 1.165) is 64.2 Å². The third-order valence-electron chi connectivity index (χ3n) is 11.3. The molecule has 0 aromatic carbocycles. The van der Waals surface area contributed by atoms with E-state index in [1.54, 1.807) is 0 Å². The molecule has 0 bridgehead atoms. The number of hydrogen-bond donors (Lipinski definition) is 6. The second-order valence-corrected chi connectivity index (χ2v) is 18.4. The number of ether oxygens (including phenoxy) is 2. The van der Waals surface area contributed by atoms with Gasteiger partial charge in [-0.05, 0) is 44.9 Å². The maximum Gasteiger partial charge on any atom is 0.472 e. The van der Waals surface area contributed by atoms with Crippen molar-refractivity contribution in [2.24, 2.45) is 0 Å². The Bertz CT molecular complexity index is 1090. The quantitative estimate of drug-likeness (QED) is 0.0148. The first kappa shape index (κ1) is 56.8. The van der Waals surface area contributed by atoms with Crippen molar-refractivity contribution in [2.45, 2.75) is 249 Å². The Hall–Kier alpha value is -1.18. The first-order valence-electron chi connectivity index (χ1n) is 24.2. The number of esters is 1. The highest BCUT2D eigenvalue weighted by Gasteiger charge is 2.51. The third-order valence-corrected chi connectivity index (χ3v) is 12.3. The van der Waals surface area contributed by atoms with Crippen LogP contribution in [0.15, 0.2) is 24.3 Å². The highest BCUT2D eigenvalue weighted by Crippen LogP contribution is 2.47. The summed E-state index contributed by atoms with van der Waals surface area (Å²) >= 11 is 0. The van der Waals surface area contributed by atoms with Crippen LogP contribution in [0.3, 0.4) is 0 Å². The molecule has 0 amide bonds. The minimum absolute atomic E-state index is 0.0782. The minimum atomic E-state index is -5.02. The lowest BCUT2D eigenvalue weighted by molar-refractivity contribution is -0.220. The molecule has 1 aliphatic rings. The second kappa shape index (κ2) is 38.3. The van der Waals surface area contributed by atoms with E-state index in [-0.39, 0.29) is 13.0 Å². The van der Waals surface area contributed by atoms with Gasteiger partial charge in [0.05, 0.1) is 13.2 Å². The Morgan fingerprint density at radius 2 is 0.933 bits per heavy atom. The molecular formula is C47H89O12P. The van der Waals surface area contributed by atoms with Gasteiger partial charge in [-0.15, -0.1) is 0 Å². The molecule has 6 N–H and O–H groups in total. The smallest absolute Gasteiger partial charge is 0.457 e. The normalized spacial score (nSPS) is 22.5. The van der Waals surface area contributed by atoms with Crippen molar-refractivity contribution in [1.29, 1.82) is 0 Å². The Balaban J connectivity index is 2.37. The minimum Gasteiger partial charge on any atom is -0.457 e. The molecule has 0 aromatic rings. The molecular weight excluding hydrogens is 787 g/mol. The van der Waals surface area contributed by atoms with Crippen LogP contribution in [0.4, 0.5) is 0 Å². The second-order valence-electron chi connectivity index (χ2n) is 17.0. The predicted molar refractivity (Wildman–Crippen MR) is 240 cm³/mol. The number of aliphatic hydroxyl groups excluding tert-OH is 5. The summed E-state index contributed by atoms with van der Waals surface area (Å²) in [7, 11) is -5.02. The van der Waals surface area contributed by atoms with Crippen LogP contribution in [0.25, 0.3) is 0 Å². The number of hydrogen-bond acceptors (Lipinski definition) is 11. The molecule has 0 aliphatic heterocycles. The molecule has 0 spiro atoms. The van der Waals surface area contributed by atoms with Gasteiger partial charge in [-0.1, -0.05) is 179 Å². The highest BCUT2D eigenvalue weighted by atomic mass is 31.2. The van der Waals surface area contributed by atoms with Crippen LogP contribution in [0.2, 0.25) is 0 Å². The van der Waals surface area contributed by atoms with Gasteiger partial charge in [-0.2, -0.15) is 0 Å². The van der Waals surface area contributed by atoms with Crippen LogP contribution >= 0.6 is 7.82 Å². The Morgan fingerprint density at radius 3 is 1.43 bits per heavy atom. The zero-order valence-electron chi connectivity index (χ0n) is 37.8. The molecule has 1 rings (SSSR count). The van der Waals surface area contributed by atoms with Crippen molar-refractivity contribution < 1.29 is 58.3 Å². The largest absolute Gasteiger partial charge is 0.472 e. The van der Waals surface area contributed by atoms with Gasteiger partial charge < -0.3 is 39.9 Å². The Morgan fingerprint density at radius 1 is 0.533 bits per heavy atom. The van der Waals surface area contributed by atoms with E-state index in [9.17, 15) is 39.8 Å². The molecule has 0 aromatic heterocycles. The van der Waals surface area contributed by atoms with Gasteiger partial charge in [0, 0.05) is 13.0 Å². The van der Waals surface area contributed by atoms with Gasteiger partial charge in [0.25, 0.3) is 0 Å². The summed E-state index contributed by atoms with van der Waals surface area (Å²) in [6.45, 7) is 4.24. The average Bonchev–Trinajstić information content (AvgIpc) is 3.23. The zero-order valence-corrected chi connectivity index (χ0v) is 38.7. The molecule has 1 aliphatic carbocycles. The summed E-state index contributed by atoms with van der Waals surface area (Å²) in [5, 5.41) is 50.2. The number of allylic oxidation sites excluding steroid dienone is 4. The number of carbonyl (C=O) groups excluding carboxylic acids is 1. The summed E-state index contributed by atoms with van der Waals surface area (Å²) < 4.78 is 34.2. The Labute approximate surface area is 364 Å². The molecule has 6 unspecified atom stereocenters. The topological polar surface area (TPSA) is 192 Å². The van der Waals surface area contributed by atoms with Gasteiger partial charge in [0.2, 0.25) is 0 Å². The molecule has 354 valence electrons. The highest BCUT2D eigenvalue weighted by molar-refractivity contribution is 7.47. The number of phosphoric acid groups is 1. The summed E-state index contributed by atoms with van der Waals surface area (Å²) in [5.74, 6) is -0.488. The fourth-order valence-corrected chi connectivity index (χ4v) is 8.42. The maximum atomic E-state index is 12.8. The van der Waals surface area contributed by atoms with E-state index in [1.165, 1.54) is 116 Å². The van der Waals surface area contributed by atoms with E-state index < -0.39 is 63.1 Å². The van der Waals surface area contributed by atoms with Crippen molar-refractivity contribution >= 4 is 13.8 Å². The van der Waals surface area contributed by atoms with E-state index >= 15 is 0 Å². The van der Waals surface area contributed by atoms with E-state index in [4.69, 9.17) is 18.5 Å². The lowest BCUT2D eigenvalue weighted by Crippen LogP contribution is -2.64. The number of carbonyl (C=O) groups is 1. The molecule has 1 saturated carbocycles. The SMILES string of the molecule is CCCCC/C=C\C/C=C\CCCCCCCC(=O)O[C@H](COCCCCCCCCCCCCCCCCCCCC)COP(=O)(O)OC1C(O)C(O)C(O)[C@@H](O)C1O. The monoisotopic (exact) mass is 877 g/mol. The van der Waals surface area contributed by atoms with E-state index in [1.807, 2.05) is 0 Å². The van der Waals surface area contributed by atoms with Crippen molar-refractivity contribution in [3.8, 4) is 0 Å². The van der Waals surface area contributed by atoms with Gasteiger partial charge in [-0.3, -0.25) is 13.8 Å². The lowest BCUT2D eigenvalue weighted by Gasteiger charge is -2.41. The molecule has 1 fully saturated rings. The lowest BCUT2D eigenvalue weighted by atomic mass is 9.85. The number of aliphatic hydroxyl groups is 5. The van der Waals surface area contributed by atoms with Crippen LogP contribution < -0.4 is 0 Å². The van der Waals surface area contributed by atoms with Gasteiger partial charge in [-0.25, -0.2) is 4.57 Å². The van der Waals surface area contributed by atoms with Crippen molar-refractivity contribution in [3.05, 3.63) is 24.3 Å². The predicted octanol–water partition coefficient (Wildman–Crippen LogP) is 10.1. The molecule has 13 heteroatoms. The van der Waals surface area contributed by atoms with E-state index in [0.29, 0.717) is 13.0 Å². The molecule has 8 atom stereocenters. The summed E-state index contributed by atoms with van der Waals surface area (Å²) in [5.41, 5.74) is 0. The molecule has 0 saturated heterocycles. The fraction of sp³-hybridized carbons (Fsp3) is 0.894. The molecule has 0 heterocycles. The summed E-state index contributed by atoms with van der Waals surface area (Å²) in [4.78, 5) is 23.2. The summed E-state index contributed by atoms with van der Waals surface area (Å²) in [6.07, 6.45) is 31.0. The van der Waals surface area contributed by atoms with Crippen molar-refractivity contribution in [2.75, 3.05) is 19.8 Å². The summed E-state index contributed by atoms with van der Waals surface area (Å²) in [6, 6.07) is 0. The molecule has 0 radical (unpaired) electrons. The number of rotatable bonds is 41. The molecule has 12 nitrogen and oxygen atoms in total. The average molecular weight is 877 g/mol. The van der Waals surface area contributed by atoms with Crippen LogP contribution in [0, 0.1) is 0 Å². The first-order valence-corrected chi connectivity index (χ1v) is 25.7. The number of unbranched alkanes of at least 4 members (excludes halogenated alkanes) is 25. The standard InChI is InChI=1S/C47H89O12P/c1-3-5-7-9-11-13-15-17-19-20-21-23-25-27-29-31-33-35-37-56-38-40(39-57-60(54,55)59-47-45(52)43(50)42(49)44(51)46(47)53)58-41(48)36-34-32-30-28-26-24-22-18-16-14-12-10-8-6-4-2/h12,14,18,22,40,42-47,49-53H,3-11,13,15-17,19-21,23-39H2,1-2H3,(H,54,55)/b14-12-,22-18-/t40-,42?,43-,44?,45?,46?,47?/m1/s1. The van der Waals surface area contributed by atoms with Crippen LogP contribution in [-0.4, -0.2) is 98.9 Å². The van der Waals surface area contributed by atoms with Crippen LogP contribution in [0.1, 0.15) is 206 Å². The van der Waals surface area contributed by atoms with Crippen molar-refractivity contribution in [1.82, 2.24) is 0 Å². The van der Waals surface area contributed by atoms with Gasteiger partial charge in [0.1, 0.15) is 42.7 Å². The van der Waals surface area contributed by atoms with Gasteiger partial charge >= 0.3 is 13.8 Å². The van der Waals surface area contributed by atoms with Crippen LogP contribution in [0.5, 0.6) is 0 Å². The van der Waals surface area contributed by atoms with Gasteiger partial charge in [0.15, 0.2) is 0 Å².